The number of hydrogen-bond acceptors (Lipinski definition) is 5. The number of carbonyl (C=O) groups excluding carboxylic acids is 3. The highest BCUT2D eigenvalue weighted by atomic mass is 16.5. The van der Waals surface area contributed by atoms with Crippen molar-refractivity contribution in [1.29, 1.82) is 0 Å². The zero-order valence-electron chi connectivity index (χ0n) is 15.0. The molecule has 1 aliphatic carbocycles. The van der Waals surface area contributed by atoms with Gasteiger partial charge in [0.2, 0.25) is 11.8 Å². The van der Waals surface area contributed by atoms with Crippen LogP contribution in [0.4, 0.5) is 5.69 Å². The summed E-state index contributed by atoms with van der Waals surface area (Å²) in [6, 6.07) is 9.40. The van der Waals surface area contributed by atoms with E-state index in [1.165, 1.54) is 11.2 Å². The summed E-state index contributed by atoms with van der Waals surface area (Å²) in [6.07, 6.45) is 3.15. The third-order valence-electron chi connectivity index (χ3n) is 4.95. The van der Waals surface area contributed by atoms with Gasteiger partial charge in [-0.15, -0.1) is 0 Å². The van der Waals surface area contributed by atoms with Gasteiger partial charge in [-0.25, -0.2) is 4.90 Å². The van der Waals surface area contributed by atoms with Crippen molar-refractivity contribution in [2.24, 2.45) is 5.92 Å². The number of imide groups is 1. The van der Waals surface area contributed by atoms with E-state index in [0.717, 1.165) is 17.7 Å². The number of ether oxygens (including phenoxy) is 1. The molecule has 1 unspecified atom stereocenters. The lowest BCUT2D eigenvalue weighted by Crippen LogP contribution is -2.45. The third kappa shape index (κ3) is 3.32. The lowest BCUT2D eigenvalue weighted by molar-refractivity contribution is -0.140. The fraction of sp³-hybridized carbons (Fsp3) is 0.350. The zero-order valence-corrected chi connectivity index (χ0v) is 15.0. The monoisotopic (exact) mass is 368 g/mol. The molecule has 2 aliphatic rings. The van der Waals surface area contributed by atoms with E-state index >= 15 is 0 Å². The van der Waals surface area contributed by atoms with Crippen LogP contribution in [0, 0.1) is 5.92 Å². The quantitative estimate of drug-likeness (QED) is 0.731. The standard InChI is InChI=1S/C20H20N2O5/c1-26-15-8-6-14(7-9-15)22-18(23)11-17(20(22)25)21(19(24)13-4-5-13)12-16-3-2-10-27-16/h2-3,6-10,13,17H,4-5,11-12H2,1H3. The zero-order chi connectivity index (χ0) is 19.0. The predicted molar refractivity (Wildman–Crippen MR) is 95.9 cm³/mol. The van der Waals surface area contributed by atoms with E-state index in [2.05, 4.69) is 0 Å². The summed E-state index contributed by atoms with van der Waals surface area (Å²) in [7, 11) is 1.55. The first-order valence-electron chi connectivity index (χ1n) is 8.92. The summed E-state index contributed by atoms with van der Waals surface area (Å²) in [5.41, 5.74) is 0.477. The average molecular weight is 368 g/mol. The maximum atomic E-state index is 13.0. The molecule has 7 nitrogen and oxygen atoms in total. The molecule has 1 aromatic heterocycles. The highest BCUT2D eigenvalue weighted by Gasteiger charge is 2.47. The first-order valence-corrected chi connectivity index (χ1v) is 8.92. The molecular formula is C20H20N2O5. The summed E-state index contributed by atoms with van der Waals surface area (Å²) in [5.74, 6) is 0.380. The minimum atomic E-state index is -0.808. The summed E-state index contributed by atoms with van der Waals surface area (Å²) < 4.78 is 10.5. The number of rotatable bonds is 6. The van der Waals surface area contributed by atoms with Crippen molar-refractivity contribution < 1.29 is 23.5 Å². The maximum Gasteiger partial charge on any atom is 0.257 e. The molecule has 3 amide bonds. The molecule has 7 heteroatoms. The average Bonchev–Trinajstić information content (AvgIpc) is 3.32. The third-order valence-corrected chi connectivity index (χ3v) is 4.95. The second-order valence-corrected chi connectivity index (χ2v) is 6.81. The Kier molecular flexibility index (Phi) is 4.43. The van der Waals surface area contributed by atoms with Gasteiger partial charge in [-0.3, -0.25) is 14.4 Å². The minimum absolute atomic E-state index is 0.0238. The smallest absolute Gasteiger partial charge is 0.257 e. The van der Waals surface area contributed by atoms with Crippen LogP contribution in [-0.2, 0) is 20.9 Å². The van der Waals surface area contributed by atoms with Gasteiger partial charge in [0.05, 0.1) is 32.0 Å². The number of anilines is 1. The van der Waals surface area contributed by atoms with Crippen LogP contribution in [0.25, 0.3) is 0 Å². The van der Waals surface area contributed by atoms with Crippen molar-refractivity contribution in [2.45, 2.75) is 31.8 Å². The molecule has 2 heterocycles. The van der Waals surface area contributed by atoms with Gasteiger partial charge in [0.1, 0.15) is 17.6 Å². The van der Waals surface area contributed by atoms with E-state index in [-0.39, 0.29) is 36.6 Å². The number of nitrogens with zero attached hydrogens (tertiary/aromatic N) is 2. The van der Waals surface area contributed by atoms with Crippen molar-refractivity contribution in [1.82, 2.24) is 4.90 Å². The Morgan fingerprint density at radius 1 is 1.22 bits per heavy atom. The summed E-state index contributed by atoms with van der Waals surface area (Å²) in [6.45, 7) is 0.183. The molecule has 0 N–H and O–H groups in total. The molecule has 1 saturated heterocycles. The Balaban J connectivity index is 1.59. The molecule has 140 valence electrons. The van der Waals surface area contributed by atoms with Crippen LogP contribution in [0.3, 0.4) is 0 Å². The molecular weight excluding hydrogens is 348 g/mol. The van der Waals surface area contributed by atoms with Gasteiger partial charge in [0.15, 0.2) is 0 Å². The van der Waals surface area contributed by atoms with Gasteiger partial charge < -0.3 is 14.1 Å². The van der Waals surface area contributed by atoms with E-state index in [4.69, 9.17) is 9.15 Å². The number of methoxy groups -OCH3 is 1. The van der Waals surface area contributed by atoms with Gasteiger partial charge >= 0.3 is 0 Å². The Hall–Kier alpha value is -3.09. The van der Waals surface area contributed by atoms with Crippen molar-refractivity contribution in [2.75, 3.05) is 12.0 Å². The molecule has 27 heavy (non-hydrogen) atoms. The van der Waals surface area contributed by atoms with E-state index < -0.39 is 6.04 Å². The molecule has 4 rings (SSSR count). The highest BCUT2D eigenvalue weighted by Crippen LogP contribution is 2.35. The molecule has 0 radical (unpaired) electrons. The number of furan rings is 1. The van der Waals surface area contributed by atoms with Crippen LogP contribution >= 0.6 is 0 Å². The first kappa shape index (κ1) is 17.3. The Bertz CT molecular complexity index is 855. The maximum absolute atomic E-state index is 13.0. The molecule has 1 aromatic carbocycles. The lowest BCUT2D eigenvalue weighted by Gasteiger charge is -2.27. The van der Waals surface area contributed by atoms with E-state index in [1.54, 1.807) is 43.5 Å². The summed E-state index contributed by atoms with van der Waals surface area (Å²) >= 11 is 0. The second-order valence-electron chi connectivity index (χ2n) is 6.81. The van der Waals surface area contributed by atoms with Crippen LogP contribution in [0.5, 0.6) is 5.75 Å². The summed E-state index contributed by atoms with van der Waals surface area (Å²) in [4.78, 5) is 41.1. The largest absolute Gasteiger partial charge is 0.497 e. The fourth-order valence-corrected chi connectivity index (χ4v) is 3.34. The number of amides is 3. The molecule has 2 aromatic rings. The van der Waals surface area contributed by atoms with Gasteiger partial charge in [0.25, 0.3) is 5.91 Å². The second kappa shape index (κ2) is 6.90. The normalized spacial score (nSPS) is 19.4. The highest BCUT2D eigenvalue weighted by molar-refractivity contribution is 6.23. The van der Waals surface area contributed by atoms with E-state index in [9.17, 15) is 14.4 Å². The molecule has 2 fully saturated rings. The van der Waals surface area contributed by atoms with Gasteiger partial charge in [-0.2, -0.15) is 0 Å². The number of carbonyl (C=O) groups is 3. The van der Waals surface area contributed by atoms with Gasteiger partial charge in [-0.05, 0) is 49.2 Å². The van der Waals surface area contributed by atoms with Crippen LogP contribution in [0.15, 0.2) is 47.1 Å². The Labute approximate surface area is 156 Å². The van der Waals surface area contributed by atoms with Crippen molar-refractivity contribution >= 4 is 23.4 Å². The Morgan fingerprint density at radius 2 is 1.96 bits per heavy atom. The number of hydrogen-bond donors (Lipinski definition) is 0. The molecule has 0 spiro atoms. The predicted octanol–water partition coefficient (Wildman–Crippen LogP) is 2.36. The molecule has 1 saturated carbocycles. The molecule has 1 aliphatic heterocycles. The number of benzene rings is 1. The first-order chi connectivity index (χ1) is 13.1. The molecule has 0 bridgehead atoms. The minimum Gasteiger partial charge on any atom is -0.497 e. The van der Waals surface area contributed by atoms with E-state index in [0.29, 0.717) is 17.2 Å². The van der Waals surface area contributed by atoms with E-state index in [1.807, 2.05) is 0 Å². The van der Waals surface area contributed by atoms with Gasteiger partial charge in [0, 0.05) is 5.92 Å². The molecule has 1 atom stereocenters. The Morgan fingerprint density at radius 3 is 2.56 bits per heavy atom. The van der Waals surface area contributed by atoms with Gasteiger partial charge in [-0.1, -0.05) is 0 Å². The van der Waals surface area contributed by atoms with Crippen molar-refractivity contribution in [3.05, 3.63) is 48.4 Å². The summed E-state index contributed by atoms with van der Waals surface area (Å²) in [5, 5.41) is 0. The topological polar surface area (TPSA) is 80.1 Å². The fourth-order valence-electron chi connectivity index (χ4n) is 3.34. The van der Waals surface area contributed by atoms with Crippen LogP contribution in [-0.4, -0.2) is 35.8 Å². The van der Waals surface area contributed by atoms with Crippen LogP contribution < -0.4 is 9.64 Å². The van der Waals surface area contributed by atoms with Crippen molar-refractivity contribution in [3.63, 3.8) is 0 Å². The van der Waals surface area contributed by atoms with Crippen LogP contribution in [0.1, 0.15) is 25.0 Å². The SMILES string of the molecule is COc1ccc(N2C(=O)CC(N(Cc3ccco3)C(=O)C3CC3)C2=O)cc1. The van der Waals surface area contributed by atoms with Crippen LogP contribution in [0.2, 0.25) is 0 Å². The van der Waals surface area contributed by atoms with Crippen molar-refractivity contribution in [3.8, 4) is 5.75 Å². The lowest BCUT2D eigenvalue weighted by atomic mass is 10.1.